The smallest absolute Gasteiger partial charge is 0.332 e. The van der Waals surface area contributed by atoms with Crippen LogP contribution in [0.1, 0.15) is 37.8 Å². The predicted octanol–water partition coefficient (Wildman–Crippen LogP) is 4.02. The van der Waals surface area contributed by atoms with Crippen molar-refractivity contribution in [1.82, 2.24) is 33.9 Å². The van der Waals surface area contributed by atoms with Gasteiger partial charge in [-0.2, -0.15) is 5.10 Å². The summed E-state index contributed by atoms with van der Waals surface area (Å²) in [5, 5.41) is 4.40. The van der Waals surface area contributed by atoms with Gasteiger partial charge in [0.05, 0.1) is 6.20 Å². The normalized spacial score (nSPS) is 13.5. The van der Waals surface area contributed by atoms with E-state index in [4.69, 9.17) is 0 Å². The monoisotopic (exact) mass is 485 g/mol. The number of benzene rings is 1. The molecule has 0 atom stereocenters. The summed E-state index contributed by atoms with van der Waals surface area (Å²) in [7, 11) is 0. The highest BCUT2D eigenvalue weighted by molar-refractivity contribution is 5.75. The highest BCUT2D eigenvalue weighted by atomic mass is 19.1. The fourth-order valence-corrected chi connectivity index (χ4v) is 4.40. The van der Waals surface area contributed by atoms with Gasteiger partial charge in [-0.15, -0.1) is 0 Å². The first-order chi connectivity index (χ1) is 17.6. The zero-order valence-corrected chi connectivity index (χ0v) is 19.7. The van der Waals surface area contributed by atoms with E-state index in [0.717, 1.165) is 30.4 Å². The topological polar surface area (TPSA) is 103 Å². The van der Waals surface area contributed by atoms with Crippen molar-refractivity contribution in [3.63, 3.8) is 0 Å². The number of aromatic nitrogens is 7. The molecule has 182 valence electrons. The molecule has 1 aromatic carbocycles. The Hall–Kier alpha value is -4.34. The predicted molar refractivity (Wildman–Crippen MR) is 134 cm³/mol. The maximum absolute atomic E-state index is 13.1. The van der Waals surface area contributed by atoms with Gasteiger partial charge < -0.3 is 4.98 Å². The highest BCUT2D eigenvalue weighted by Gasteiger charge is 2.29. The number of halogens is 1. The first-order valence-electron chi connectivity index (χ1n) is 12.0. The van der Waals surface area contributed by atoms with Gasteiger partial charge in [0.25, 0.3) is 5.56 Å². The van der Waals surface area contributed by atoms with E-state index in [1.807, 2.05) is 37.4 Å². The largest absolute Gasteiger partial charge is 0.333 e. The van der Waals surface area contributed by atoms with Gasteiger partial charge in [0, 0.05) is 36.1 Å². The van der Waals surface area contributed by atoms with Crippen LogP contribution in [0.4, 0.5) is 4.39 Å². The first kappa shape index (κ1) is 22.1. The quantitative estimate of drug-likeness (QED) is 0.375. The minimum absolute atomic E-state index is 0.0224. The van der Waals surface area contributed by atoms with Crippen LogP contribution in [0.5, 0.6) is 0 Å². The molecule has 4 heterocycles. The van der Waals surface area contributed by atoms with Crippen LogP contribution in [0.2, 0.25) is 0 Å². The second-order valence-electron chi connectivity index (χ2n) is 9.03. The second-order valence-corrected chi connectivity index (χ2v) is 9.03. The van der Waals surface area contributed by atoms with Crippen LogP contribution in [-0.2, 0) is 13.2 Å². The molecule has 0 radical (unpaired) electrons. The molecule has 1 saturated carbocycles. The van der Waals surface area contributed by atoms with Crippen molar-refractivity contribution in [1.29, 1.82) is 0 Å². The molecule has 0 spiro atoms. The maximum atomic E-state index is 13.1. The Kier molecular flexibility index (Phi) is 5.36. The van der Waals surface area contributed by atoms with Crippen molar-refractivity contribution in [2.24, 2.45) is 0 Å². The lowest BCUT2D eigenvalue weighted by atomic mass is 10.1. The van der Waals surface area contributed by atoms with Crippen LogP contribution in [0.3, 0.4) is 0 Å². The lowest BCUT2D eigenvalue weighted by Gasteiger charge is -2.09. The average Bonchev–Trinajstić information content (AvgIpc) is 3.43. The van der Waals surface area contributed by atoms with Gasteiger partial charge >= 0.3 is 5.69 Å². The molecular formula is C26H24FN7O2. The number of pyridine rings is 1. The number of fused-ring (bicyclic) bond motifs is 1. The third-order valence-corrected chi connectivity index (χ3v) is 6.45. The van der Waals surface area contributed by atoms with Crippen molar-refractivity contribution < 1.29 is 4.39 Å². The van der Waals surface area contributed by atoms with Gasteiger partial charge in [-0.05, 0) is 42.5 Å². The molecule has 6 rings (SSSR count). The van der Waals surface area contributed by atoms with Gasteiger partial charge in [0.15, 0.2) is 11.5 Å². The number of nitrogens with zero attached hydrogens (tertiary/aromatic N) is 6. The molecule has 5 aromatic rings. The number of aryl methyl sites for hydroxylation is 1. The Morgan fingerprint density at radius 1 is 1.03 bits per heavy atom. The van der Waals surface area contributed by atoms with Gasteiger partial charge in [-0.1, -0.05) is 31.2 Å². The van der Waals surface area contributed by atoms with Gasteiger partial charge in [0.2, 0.25) is 0 Å². The Bertz CT molecular complexity index is 1670. The number of H-pyrrole nitrogens is 1. The summed E-state index contributed by atoms with van der Waals surface area (Å²) in [5.74, 6) is 1.09. The Labute approximate surface area is 204 Å². The number of hydrogen-bond donors (Lipinski definition) is 1. The first-order valence-corrected chi connectivity index (χ1v) is 12.0. The van der Waals surface area contributed by atoms with E-state index in [-0.39, 0.29) is 17.3 Å². The number of hydrogen-bond acceptors (Lipinski definition) is 5. The molecule has 9 nitrogen and oxygen atoms in total. The minimum Gasteiger partial charge on any atom is -0.332 e. The minimum atomic E-state index is -0.492. The van der Waals surface area contributed by atoms with E-state index in [1.165, 1.54) is 4.57 Å². The van der Waals surface area contributed by atoms with Crippen LogP contribution in [0, 0.1) is 0 Å². The van der Waals surface area contributed by atoms with E-state index < -0.39 is 6.67 Å². The molecule has 36 heavy (non-hydrogen) atoms. The number of aromatic amines is 1. The summed E-state index contributed by atoms with van der Waals surface area (Å²) >= 11 is 0. The summed E-state index contributed by atoms with van der Waals surface area (Å²) in [4.78, 5) is 38.3. The van der Waals surface area contributed by atoms with Crippen LogP contribution < -0.4 is 11.2 Å². The van der Waals surface area contributed by atoms with Crippen LogP contribution >= 0.6 is 0 Å². The third-order valence-electron chi connectivity index (χ3n) is 6.45. The van der Waals surface area contributed by atoms with Gasteiger partial charge in [-0.3, -0.25) is 13.9 Å². The molecule has 0 unspecified atom stereocenters. The molecule has 1 fully saturated rings. The standard InChI is InChI=1S/C26H24FN7O2/c1-2-11-32-24-22(25(35)34(26(32)36)20-8-9-20)30-23(31-24)18-7-10-21(28-13-18)33-15-19(14-29-33)17-5-3-16(12-27)4-6-17/h3-7,10,13-15,20H,2,8-9,11-12H2,1H3,(H,30,31). The molecule has 1 aliphatic rings. The molecule has 0 bridgehead atoms. The second kappa shape index (κ2) is 8.71. The molecule has 10 heteroatoms. The molecular weight excluding hydrogens is 461 g/mol. The molecule has 1 N–H and O–H groups in total. The summed E-state index contributed by atoms with van der Waals surface area (Å²) in [6, 6.07) is 10.9. The molecule has 1 aliphatic carbocycles. The SMILES string of the molecule is CCCn1c(=O)n(C2CC2)c(=O)c2[nH]c(-c3ccc(-n4cc(-c5ccc(CF)cc5)cn4)nc3)nc21. The summed E-state index contributed by atoms with van der Waals surface area (Å²) in [5.41, 5.74) is 3.25. The zero-order chi connectivity index (χ0) is 24.8. The van der Waals surface area contributed by atoms with E-state index in [2.05, 4.69) is 20.1 Å². The zero-order valence-electron chi connectivity index (χ0n) is 19.7. The van der Waals surface area contributed by atoms with E-state index in [1.54, 1.807) is 33.8 Å². The van der Waals surface area contributed by atoms with Crippen LogP contribution in [0.15, 0.2) is 64.6 Å². The molecule has 0 saturated heterocycles. The van der Waals surface area contributed by atoms with Crippen LogP contribution in [-0.4, -0.2) is 33.9 Å². The third kappa shape index (κ3) is 3.74. The Balaban J connectivity index is 1.33. The van der Waals surface area contributed by atoms with Crippen LogP contribution in [0.25, 0.3) is 39.5 Å². The number of alkyl halides is 1. The van der Waals surface area contributed by atoms with Crippen molar-refractivity contribution in [3.05, 3.63) is 81.4 Å². The highest BCUT2D eigenvalue weighted by Crippen LogP contribution is 2.32. The van der Waals surface area contributed by atoms with Gasteiger partial charge in [-0.25, -0.2) is 23.8 Å². The van der Waals surface area contributed by atoms with Crippen molar-refractivity contribution in [2.75, 3.05) is 0 Å². The van der Waals surface area contributed by atoms with Crippen molar-refractivity contribution in [2.45, 2.75) is 45.4 Å². The molecule has 4 aromatic heterocycles. The average molecular weight is 486 g/mol. The fourth-order valence-electron chi connectivity index (χ4n) is 4.40. The van der Waals surface area contributed by atoms with Crippen molar-refractivity contribution >= 4 is 11.2 Å². The summed E-state index contributed by atoms with van der Waals surface area (Å²) in [6.45, 7) is 1.98. The van der Waals surface area contributed by atoms with E-state index in [9.17, 15) is 14.0 Å². The number of nitrogens with one attached hydrogen (secondary N) is 1. The Morgan fingerprint density at radius 3 is 2.47 bits per heavy atom. The van der Waals surface area contributed by atoms with Crippen molar-refractivity contribution in [3.8, 4) is 28.3 Å². The molecule has 0 aliphatic heterocycles. The van der Waals surface area contributed by atoms with E-state index >= 15 is 0 Å². The Morgan fingerprint density at radius 2 is 1.81 bits per heavy atom. The number of imidazole rings is 1. The summed E-state index contributed by atoms with van der Waals surface area (Å²) < 4.78 is 17.4. The lowest BCUT2D eigenvalue weighted by molar-refractivity contribution is 0.485. The fraction of sp³-hybridized carbons (Fsp3) is 0.269. The van der Waals surface area contributed by atoms with Gasteiger partial charge in [0.1, 0.15) is 18.0 Å². The van der Waals surface area contributed by atoms with E-state index in [0.29, 0.717) is 40.5 Å². The molecule has 0 amide bonds. The maximum Gasteiger partial charge on any atom is 0.333 e. The summed E-state index contributed by atoms with van der Waals surface area (Å²) in [6.07, 6.45) is 7.69. The number of rotatable bonds is 7. The lowest BCUT2D eigenvalue weighted by Crippen LogP contribution is -2.39.